The Morgan fingerprint density at radius 2 is 2.00 bits per heavy atom. The molecule has 1 rings (SSSR count). The van der Waals surface area contributed by atoms with Crippen molar-refractivity contribution < 1.29 is 24.7 Å². The van der Waals surface area contributed by atoms with Gasteiger partial charge in [0.2, 0.25) is 0 Å². The van der Waals surface area contributed by atoms with Crippen LogP contribution in [0.4, 0.5) is 5.00 Å². The predicted octanol–water partition coefficient (Wildman–Crippen LogP) is 2.89. The summed E-state index contributed by atoms with van der Waals surface area (Å²) < 4.78 is 0. The summed E-state index contributed by atoms with van der Waals surface area (Å²) in [7, 11) is 0. The van der Waals surface area contributed by atoms with E-state index in [1.54, 1.807) is 0 Å². The van der Waals surface area contributed by atoms with Gasteiger partial charge in [-0.15, -0.1) is 0 Å². The molecule has 0 aromatic carbocycles. The van der Waals surface area contributed by atoms with E-state index in [2.05, 4.69) is 4.98 Å². The van der Waals surface area contributed by atoms with Gasteiger partial charge < -0.3 is 10.2 Å². The summed E-state index contributed by atoms with van der Waals surface area (Å²) in [6.45, 7) is 3.08. The Morgan fingerprint density at radius 1 is 1.41 bits per heavy atom. The monoisotopic (exact) mass is 330 g/mol. The Balaban J connectivity index is 2.48. The second-order valence-corrected chi connectivity index (χ2v) is 6.42. The van der Waals surface area contributed by atoms with Crippen LogP contribution >= 0.6 is 11.3 Å². The van der Waals surface area contributed by atoms with Crippen LogP contribution in [0.25, 0.3) is 0 Å². The third kappa shape index (κ3) is 4.23. The van der Waals surface area contributed by atoms with Crippen molar-refractivity contribution in [2.75, 3.05) is 0 Å². The Morgan fingerprint density at radius 3 is 2.45 bits per heavy atom. The number of carboxylic acid groups (broad SMARTS) is 2. The largest absolute Gasteiger partial charge is 0.480 e. The minimum absolute atomic E-state index is 0.00817. The maximum Gasteiger partial charge on any atom is 0.343 e. The molecule has 0 fully saturated rings. The van der Waals surface area contributed by atoms with Crippen molar-refractivity contribution in [2.24, 2.45) is 5.41 Å². The lowest BCUT2D eigenvalue weighted by molar-refractivity contribution is -0.380. The number of aromatic nitrogens is 1. The Labute approximate surface area is 131 Å². The van der Waals surface area contributed by atoms with Crippen LogP contribution in [0.15, 0.2) is 6.20 Å². The number of nitro groups is 1. The maximum atomic E-state index is 11.0. The molecule has 1 heterocycles. The molecule has 0 aliphatic carbocycles. The summed E-state index contributed by atoms with van der Waals surface area (Å²) in [6.07, 6.45) is 3.02. The summed E-state index contributed by atoms with van der Waals surface area (Å²) >= 11 is 1.02. The number of unbranched alkanes of at least 4 members (excludes halogenated alkanes) is 1. The van der Waals surface area contributed by atoms with Crippen LogP contribution in [0.5, 0.6) is 0 Å². The fourth-order valence-corrected chi connectivity index (χ4v) is 2.77. The number of hydrogen-bond donors (Lipinski definition) is 2. The summed E-state index contributed by atoms with van der Waals surface area (Å²) in [6, 6.07) is 0. The minimum Gasteiger partial charge on any atom is -0.480 e. The van der Waals surface area contributed by atoms with Crippen molar-refractivity contribution in [2.45, 2.75) is 45.4 Å². The normalized spacial score (nSPS) is 12.8. The summed E-state index contributed by atoms with van der Waals surface area (Å²) in [5.74, 6) is -2.67. The zero-order chi connectivity index (χ0) is 16.9. The van der Waals surface area contributed by atoms with Crippen LogP contribution in [-0.4, -0.2) is 32.1 Å². The lowest BCUT2D eigenvalue weighted by Crippen LogP contribution is -2.36. The van der Waals surface area contributed by atoms with Crippen molar-refractivity contribution in [3.63, 3.8) is 0 Å². The number of carbonyl (C=O) groups is 2. The Hall–Kier alpha value is -2.03. The molecule has 22 heavy (non-hydrogen) atoms. The lowest BCUT2D eigenvalue weighted by atomic mass is 9.84. The highest BCUT2D eigenvalue weighted by atomic mass is 32.1. The standard InChI is InChI=1S/C13H18N2O6S/c1-8(10-14-7-9(22-10)15(20)21)5-3-4-6-13(2,11(16)17)12(18)19/h7-8H,3-6H2,1-2H3,(H,16,17)(H,18,19). The molecule has 2 N–H and O–H groups in total. The average molecular weight is 330 g/mol. The zero-order valence-electron chi connectivity index (χ0n) is 12.3. The van der Waals surface area contributed by atoms with Crippen molar-refractivity contribution >= 4 is 28.3 Å². The summed E-state index contributed by atoms with van der Waals surface area (Å²) in [5.41, 5.74) is -1.77. The van der Waals surface area contributed by atoms with Gasteiger partial charge in [0.15, 0.2) is 5.41 Å². The molecule has 0 aliphatic rings. The van der Waals surface area contributed by atoms with Gasteiger partial charge in [0.1, 0.15) is 11.2 Å². The van der Waals surface area contributed by atoms with Crippen LogP contribution in [-0.2, 0) is 9.59 Å². The van der Waals surface area contributed by atoms with Crippen molar-refractivity contribution in [3.05, 3.63) is 21.3 Å². The molecule has 1 aromatic heterocycles. The molecule has 0 amide bonds. The topological polar surface area (TPSA) is 131 Å². The van der Waals surface area contributed by atoms with Gasteiger partial charge in [-0.2, -0.15) is 0 Å². The highest BCUT2D eigenvalue weighted by Crippen LogP contribution is 2.31. The van der Waals surface area contributed by atoms with E-state index in [0.717, 1.165) is 11.3 Å². The SMILES string of the molecule is CC(CCCCC(C)(C(=O)O)C(=O)O)c1ncc([N+](=O)[O-])s1. The van der Waals surface area contributed by atoms with Crippen LogP contribution in [0.2, 0.25) is 0 Å². The number of aliphatic carboxylic acids is 2. The first-order valence-corrected chi connectivity index (χ1v) is 7.57. The molecule has 1 atom stereocenters. The van der Waals surface area contributed by atoms with Gasteiger partial charge in [-0.25, -0.2) is 4.98 Å². The molecule has 0 radical (unpaired) electrons. The molecule has 122 valence electrons. The summed E-state index contributed by atoms with van der Waals surface area (Å²) in [5, 5.41) is 29.2. The maximum absolute atomic E-state index is 11.0. The predicted molar refractivity (Wildman–Crippen MR) is 79.0 cm³/mol. The van der Waals surface area contributed by atoms with Gasteiger partial charge in [-0.3, -0.25) is 19.7 Å². The van der Waals surface area contributed by atoms with E-state index in [1.807, 2.05) is 6.92 Å². The van der Waals surface area contributed by atoms with Gasteiger partial charge in [0, 0.05) is 5.92 Å². The van der Waals surface area contributed by atoms with Gasteiger partial charge in [-0.05, 0) is 31.1 Å². The quantitative estimate of drug-likeness (QED) is 0.308. The molecule has 1 unspecified atom stereocenters. The first-order chi connectivity index (χ1) is 10.2. The molecule has 8 nitrogen and oxygen atoms in total. The van der Waals surface area contributed by atoms with E-state index in [4.69, 9.17) is 10.2 Å². The molecular formula is C13H18N2O6S. The van der Waals surface area contributed by atoms with Gasteiger partial charge in [-0.1, -0.05) is 19.8 Å². The molecule has 9 heteroatoms. The third-order valence-corrected chi connectivity index (χ3v) is 4.80. The zero-order valence-corrected chi connectivity index (χ0v) is 13.1. The number of thiazole rings is 1. The molecular weight excluding hydrogens is 312 g/mol. The highest BCUT2D eigenvalue weighted by Gasteiger charge is 2.40. The fraction of sp³-hybridized carbons (Fsp3) is 0.615. The second kappa shape index (κ2) is 7.30. The van der Waals surface area contributed by atoms with E-state index in [-0.39, 0.29) is 17.3 Å². The van der Waals surface area contributed by atoms with Gasteiger partial charge in [0.05, 0.1) is 4.92 Å². The van der Waals surface area contributed by atoms with Crippen molar-refractivity contribution in [1.29, 1.82) is 0 Å². The minimum atomic E-state index is -1.77. The second-order valence-electron chi connectivity index (χ2n) is 5.38. The van der Waals surface area contributed by atoms with Gasteiger partial charge >= 0.3 is 16.9 Å². The molecule has 0 bridgehead atoms. The number of hydrogen-bond acceptors (Lipinski definition) is 6. The van der Waals surface area contributed by atoms with E-state index >= 15 is 0 Å². The van der Waals surface area contributed by atoms with E-state index < -0.39 is 22.3 Å². The van der Waals surface area contributed by atoms with Crippen molar-refractivity contribution in [1.82, 2.24) is 4.98 Å². The fourth-order valence-electron chi connectivity index (χ4n) is 1.95. The van der Waals surface area contributed by atoms with E-state index in [0.29, 0.717) is 24.3 Å². The van der Waals surface area contributed by atoms with Gasteiger partial charge in [0.25, 0.3) is 0 Å². The van der Waals surface area contributed by atoms with Crippen LogP contribution in [0, 0.1) is 15.5 Å². The molecule has 1 aromatic rings. The summed E-state index contributed by atoms with van der Waals surface area (Å²) in [4.78, 5) is 36.2. The first-order valence-electron chi connectivity index (χ1n) is 6.75. The first kappa shape index (κ1) is 18.0. The lowest BCUT2D eigenvalue weighted by Gasteiger charge is -2.19. The van der Waals surface area contributed by atoms with E-state index in [9.17, 15) is 19.7 Å². The van der Waals surface area contributed by atoms with Crippen molar-refractivity contribution in [3.8, 4) is 0 Å². The molecule has 0 spiro atoms. The van der Waals surface area contributed by atoms with Crippen LogP contribution in [0.3, 0.4) is 0 Å². The smallest absolute Gasteiger partial charge is 0.343 e. The average Bonchev–Trinajstić information content (AvgIpc) is 2.92. The van der Waals surface area contributed by atoms with E-state index in [1.165, 1.54) is 13.1 Å². The number of rotatable bonds is 9. The molecule has 0 saturated heterocycles. The van der Waals surface area contributed by atoms with Crippen LogP contribution < -0.4 is 0 Å². The molecule has 0 aliphatic heterocycles. The number of carboxylic acids is 2. The third-order valence-electron chi connectivity index (χ3n) is 3.62. The Kier molecular flexibility index (Phi) is 5.98. The molecule has 0 saturated carbocycles. The van der Waals surface area contributed by atoms with Crippen LogP contribution in [0.1, 0.15) is 50.5 Å². The Bertz CT molecular complexity index is 557. The number of nitrogens with zero attached hydrogens (tertiary/aromatic N) is 2. The highest BCUT2D eigenvalue weighted by molar-refractivity contribution is 7.14.